The molecule has 0 saturated carbocycles. The van der Waals surface area contributed by atoms with E-state index in [2.05, 4.69) is 27.2 Å². The van der Waals surface area contributed by atoms with Gasteiger partial charge in [-0.1, -0.05) is 49.4 Å². The molecule has 1 aliphatic rings. The van der Waals surface area contributed by atoms with Crippen molar-refractivity contribution in [3.8, 4) is 16.9 Å². The van der Waals surface area contributed by atoms with Crippen LogP contribution in [0.15, 0.2) is 54.9 Å². The number of rotatable bonds is 9. The molecule has 11 heteroatoms. The molecular weight excluding hydrogens is 476 g/mol. The van der Waals surface area contributed by atoms with Gasteiger partial charge in [-0.15, -0.1) is 0 Å². The maximum absolute atomic E-state index is 10.6. The fraction of sp³-hybridized carbons (Fsp3) is 0.346. The van der Waals surface area contributed by atoms with Crippen LogP contribution in [0.3, 0.4) is 0 Å². The number of fused-ring (bicyclic) bond motifs is 1. The first kappa shape index (κ1) is 24.9. The summed E-state index contributed by atoms with van der Waals surface area (Å²) in [5, 5.41) is 33.7. The number of aromatic nitrogens is 4. The Hall–Kier alpha value is -3.77. The predicted octanol–water partition coefficient (Wildman–Crippen LogP) is 2.09. The first-order valence-electron chi connectivity index (χ1n) is 12.2. The van der Waals surface area contributed by atoms with E-state index < -0.39 is 31.1 Å². The number of aliphatic hydroxyl groups is 3. The molecule has 0 radical (unpaired) electrons. The number of hydrogen-bond donors (Lipinski definition) is 5. The smallest absolute Gasteiger partial charge is 0.207 e. The van der Waals surface area contributed by atoms with Crippen molar-refractivity contribution in [3.63, 3.8) is 0 Å². The quantitative estimate of drug-likeness (QED) is 0.227. The summed E-state index contributed by atoms with van der Waals surface area (Å²) in [5.74, 6) is 1.35. The van der Waals surface area contributed by atoms with E-state index in [1.54, 1.807) is 0 Å². The number of nitrogens with one attached hydrogen (secondary N) is 1. The molecule has 37 heavy (non-hydrogen) atoms. The van der Waals surface area contributed by atoms with Crippen LogP contribution in [-0.2, 0) is 11.3 Å². The van der Waals surface area contributed by atoms with Gasteiger partial charge in [-0.2, -0.15) is 0 Å². The summed E-state index contributed by atoms with van der Waals surface area (Å²) >= 11 is 0. The number of benzene rings is 2. The molecule has 0 unspecified atom stereocenters. The second-order valence-corrected chi connectivity index (χ2v) is 8.86. The Bertz CT molecular complexity index is 1360. The maximum Gasteiger partial charge on any atom is 0.207 e. The molecule has 4 aromatic rings. The largest absolute Gasteiger partial charge is 0.493 e. The minimum atomic E-state index is -1.31. The molecule has 194 valence electrons. The van der Waals surface area contributed by atoms with E-state index in [1.807, 2.05) is 48.5 Å². The molecule has 5 rings (SSSR count). The molecule has 4 atom stereocenters. The minimum Gasteiger partial charge on any atom is -0.493 e. The van der Waals surface area contributed by atoms with Gasteiger partial charge in [0.25, 0.3) is 0 Å². The number of ether oxygens (including phenoxy) is 2. The second kappa shape index (κ2) is 10.7. The van der Waals surface area contributed by atoms with Crippen LogP contribution in [0.2, 0.25) is 0 Å². The summed E-state index contributed by atoms with van der Waals surface area (Å²) in [6.45, 7) is 2.69. The van der Waals surface area contributed by atoms with E-state index in [0.717, 1.165) is 28.9 Å². The van der Waals surface area contributed by atoms with Crippen molar-refractivity contribution >= 4 is 22.9 Å². The number of anilines is 2. The monoisotopic (exact) mass is 506 g/mol. The van der Waals surface area contributed by atoms with Crippen LogP contribution in [0, 0.1) is 0 Å². The normalized spacial score (nSPS) is 21.4. The standard InChI is InChI=1S/C26H30N6O5/c1-2-11-36-18-6-4-3-5-17(18)16-9-7-15(8-10-16)12-28-26-31-20-23(27)29-14-30-24(20)32(26)25-22(35)21(34)19(13-33)37-25/h3-10,14,19,21-22,25,33-35H,2,11-13H2,1H3,(H,28,31)(H2,27,29,30)/t19-,21-,22-,25-/m1/s1. The average molecular weight is 507 g/mol. The van der Waals surface area contributed by atoms with Gasteiger partial charge in [0.05, 0.1) is 13.2 Å². The highest BCUT2D eigenvalue weighted by Crippen LogP contribution is 2.35. The number of hydrogen-bond acceptors (Lipinski definition) is 10. The maximum atomic E-state index is 10.6. The fourth-order valence-electron chi connectivity index (χ4n) is 4.41. The van der Waals surface area contributed by atoms with Crippen molar-refractivity contribution in [2.75, 3.05) is 24.3 Å². The summed E-state index contributed by atoms with van der Waals surface area (Å²) in [7, 11) is 0. The topological polar surface area (TPSA) is 161 Å². The van der Waals surface area contributed by atoms with Crippen LogP contribution >= 0.6 is 0 Å². The molecule has 2 aromatic heterocycles. The Morgan fingerprint density at radius 1 is 1.08 bits per heavy atom. The molecule has 1 saturated heterocycles. The van der Waals surface area contributed by atoms with Crippen LogP contribution < -0.4 is 15.8 Å². The van der Waals surface area contributed by atoms with Crippen molar-refractivity contribution in [3.05, 3.63) is 60.4 Å². The third-order valence-electron chi connectivity index (χ3n) is 6.34. The Morgan fingerprint density at radius 2 is 1.86 bits per heavy atom. The van der Waals surface area contributed by atoms with E-state index in [-0.39, 0.29) is 5.82 Å². The van der Waals surface area contributed by atoms with Gasteiger partial charge in [0.1, 0.15) is 30.4 Å². The first-order valence-corrected chi connectivity index (χ1v) is 12.2. The van der Waals surface area contributed by atoms with Gasteiger partial charge in [-0.25, -0.2) is 15.0 Å². The number of nitrogens with two attached hydrogens (primary N) is 1. The highest BCUT2D eigenvalue weighted by molar-refractivity contribution is 5.84. The third kappa shape index (κ3) is 4.81. The summed E-state index contributed by atoms with van der Waals surface area (Å²) in [4.78, 5) is 12.8. The van der Waals surface area contributed by atoms with E-state index in [9.17, 15) is 15.3 Å². The molecule has 2 aromatic carbocycles. The molecule has 0 bridgehead atoms. The van der Waals surface area contributed by atoms with E-state index in [4.69, 9.17) is 15.2 Å². The lowest BCUT2D eigenvalue weighted by molar-refractivity contribution is -0.0501. The van der Waals surface area contributed by atoms with Crippen LogP contribution in [0.1, 0.15) is 25.1 Å². The summed E-state index contributed by atoms with van der Waals surface area (Å²) in [5.41, 5.74) is 9.73. The second-order valence-electron chi connectivity index (χ2n) is 8.86. The van der Waals surface area contributed by atoms with Gasteiger partial charge in [-0.05, 0) is 23.6 Å². The highest BCUT2D eigenvalue weighted by Gasteiger charge is 2.45. The fourth-order valence-corrected chi connectivity index (χ4v) is 4.41. The number of aliphatic hydroxyl groups excluding tert-OH is 3. The molecule has 11 nitrogen and oxygen atoms in total. The summed E-state index contributed by atoms with van der Waals surface area (Å²) < 4.78 is 13.2. The van der Waals surface area contributed by atoms with Crippen molar-refractivity contribution in [2.24, 2.45) is 0 Å². The van der Waals surface area contributed by atoms with Crippen LogP contribution in [0.25, 0.3) is 22.3 Å². The zero-order valence-electron chi connectivity index (χ0n) is 20.4. The van der Waals surface area contributed by atoms with Crippen molar-refractivity contribution in [1.29, 1.82) is 0 Å². The molecule has 1 fully saturated rings. The molecule has 0 aliphatic carbocycles. The van der Waals surface area contributed by atoms with Gasteiger partial charge in [0.2, 0.25) is 5.95 Å². The number of nitrogen functional groups attached to an aromatic ring is 1. The van der Waals surface area contributed by atoms with E-state index in [1.165, 1.54) is 10.9 Å². The van der Waals surface area contributed by atoms with Crippen molar-refractivity contribution in [1.82, 2.24) is 19.5 Å². The minimum absolute atomic E-state index is 0.173. The molecular formula is C26H30N6O5. The highest BCUT2D eigenvalue weighted by atomic mass is 16.6. The number of nitrogens with zero attached hydrogens (tertiary/aromatic N) is 4. The van der Waals surface area contributed by atoms with E-state index in [0.29, 0.717) is 30.3 Å². The van der Waals surface area contributed by atoms with Gasteiger partial charge in [0.15, 0.2) is 23.2 Å². The number of imidazole rings is 1. The SMILES string of the molecule is CCCOc1ccccc1-c1ccc(CNc2nc3c(N)ncnc3n2[C@@H]2O[C@H](CO)[C@@H](O)[C@H]2O)cc1. The van der Waals surface area contributed by atoms with E-state index >= 15 is 0 Å². The third-order valence-corrected chi connectivity index (χ3v) is 6.34. The van der Waals surface area contributed by atoms with Crippen molar-refractivity contribution in [2.45, 2.75) is 44.4 Å². The Kier molecular flexibility index (Phi) is 7.19. The van der Waals surface area contributed by atoms with Crippen LogP contribution in [0.5, 0.6) is 5.75 Å². The van der Waals surface area contributed by atoms with Gasteiger partial charge >= 0.3 is 0 Å². The summed E-state index contributed by atoms with van der Waals surface area (Å²) in [6, 6.07) is 16.0. The lowest BCUT2D eigenvalue weighted by atomic mass is 10.0. The van der Waals surface area contributed by atoms with Crippen molar-refractivity contribution < 1.29 is 24.8 Å². The van der Waals surface area contributed by atoms with Gasteiger partial charge in [0, 0.05) is 12.1 Å². The zero-order valence-corrected chi connectivity index (χ0v) is 20.4. The van der Waals surface area contributed by atoms with Gasteiger partial charge in [-0.3, -0.25) is 4.57 Å². The van der Waals surface area contributed by atoms with Crippen LogP contribution in [-0.4, -0.2) is 66.4 Å². The van der Waals surface area contributed by atoms with Gasteiger partial charge < -0.3 is 35.8 Å². The summed E-state index contributed by atoms with van der Waals surface area (Å²) in [6.07, 6.45) is -2.32. The zero-order chi connectivity index (χ0) is 25.9. The molecule has 1 aliphatic heterocycles. The molecule has 3 heterocycles. The Morgan fingerprint density at radius 3 is 2.59 bits per heavy atom. The molecule has 6 N–H and O–H groups in total. The first-order chi connectivity index (χ1) is 18.0. The average Bonchev–Trinajstić information content (AvgIpc) is 3.43. The molecule has 0 spiro atoms. The lowest BCUT2D eigenvalue weighted by Crippen LogP contribution is -2.33. The predicted molar refractivity (Wildman–Crippen MR) is 138 cm³/mol. The molecule has 0 amide bonds. The lowest BCUT2D eigenvalue weighted by Gasteiger charge is -2.19. The number of para-hydroxylation sites is 1. The van der Waals surface area contributed by atoms with Crippen LogP contribution in [0.4, 0.5) is 11.8 Å². The Labute approximate surface area is 213 Å². The Balaban J connectivity index is 1.40.